The molecule has 60 valence electrons. The molecular weight excluding hydrogens is 190 g/mol. The first-order valence-electron chi connectivity index (χ1n) is 4.23. The summed E-state index contributed by atoms with van der Waals surface area (Å²) in [6.45, 7) is 1.23. The van der Waals surface area contributed by atoms with E-state index in [9.17, 15) is 0 Å². The van der Waals surface area contributed by atoms with Crippen molar-refractivity contribution >= 4 is 15.9 Å². The number of alkyl halides is 1. The molecule has 1 atom stereocenters. The average molecular weight is 206 g/mol. The Kier molecular flexibility index (Phi) is 4.39. The lowest BCUT2D eigenvalue weighted by atomic mass is 10.1. The van der Waals surface area contributed by atoms with Crippen LogP contribution in [0.4, 0.5) is 0 Å². The molecule has 0 aromatic rings. The van der Waals surface area contributed by atoms with Gasteiger partial charge in [0.1, 0.15) is 0 Å². The minimum atomic E-state index is 0.793. The fourth-order valence-corrected chi connectivity index (χ4v) is 2.03. The van der Waals surface area contributed by atoms with Gasteiger partial charge in [0, 0.05) is 11.4 Å². The molecule has 0 aromatic carbocycles. The molecule has 0 saturated carbocycles. The maximum absolute atomic E-state index is 3.55. The van der Waals surface area contributed by atoms with Crippen LogP contribution in [0.1, 0.15) is 32.1 Å². The average Bonchev–Trinajstić information content (AvgIpc) is 2.17. The molecule has 0 spiro atoms. The lowest BCUT2D eigenvalue weighted by Gasteiger charge is -2.12. The van der Waals surface area contributed by atoms with Crippen LogP contribution in [0.15, 0.2) is 0 Å². The fraction of sp³-hybridized carbons (Fsp3) is 1.00. The zero-order valence-electron chi connectivity index (χ0n) is 6.41. The molecule has 1 aliphatic rings. The molecule has 0 amide bonds. The van der Waals surface area contributed by atoms with Gasteiger partial charge in [0.2, 0.25) is 0 Å². The van der Waals surface area contributed by atoms with Crippen molar-refractivity contribution in [1.82, 2.24) is 5.32 Å². The summed E-state index contributed by atoms with van der Waals surface area (Å²) in [4.78, 5) is 0. The topological polar surface area (TPSA) is 12.0 Å². The number of hydrogen-bond donors (Lipinski definition) is 1. The Morgan fingerprint density at radius 2 is 2.20 bits per heavy atom. The van der Waals surface area contributed by atoms with Crippen LogP contribution < -0.4 is 5.32 Å². The Balaban J connectivity index is 2.15. The zero-order valence-corrected chi connectivity index (χ0v) is 7.99. The first-order valence-corrected chi connectivity index (χ1v) is 5.35. The number of rotatable bonds is 2. The van der Waals surface area contributed by atoms with Crippen molar-refractivity contribution in [3.8, 4) is 0 Å². The third-order valence-electron chi connectivity index (χ3n) is 2.12. The second-order valence-electron chi connectivity index (χ2n) is 2.98. The molecule has 1 heterocycles. The first kappa shape index (κ1) is 8.54. The zero-order chi connectivity index (χ0) is 7.23. The summed E-state index contributed by atoms with van der Waals surface area (Å²) >= 11 is 3.47. The molecule has 1 fully saturated rings. The minimum absolute atomic E-state index is 0.793. The van der Waals surface area contributed by atoms with Crippen LogP contribution in [-0.2, 0) is 0 Å². The molecule has 1 N–H and O–H groups in total. The van der Waals surface area contributed by atoms with Crippen LogP contribution >= 0.6 is 15.9 Å². The van der Waals surface area contributed by atoms with Gasteiger partial charge in [-0.1, -0.05) is 28.8 Å². The van der Waals surface area contributed by atoms with Gasteiger partial charge in [-0.3, -0.25) is 0 Å². The highest BCUT2D eigenvalue weighted by atomic mass is 79.9. The second-order valence-corrected chi connectivity index (χ2v) is 3.77. The quantitative estimate of drug-likeness (QED) is 0.683. The molecule has 1 unspecified atom stereocenters. The summed E-state index contributed by atoms with van der Waals surface area (Å²) in [7, 11) is 0. The molecule has 1 rings (SSSR count). The first-order chi connectivity index (χ1) is 4.93. The Morgan fingerprint density at radius 3 is 3.00 bits per heavy atom. The van der Waals surface area contributed by atoms with E-state index >= 15 is 0 Å². The SMILES string of the molecule is BrCCC1CCCCCN1. The van der Waals surface area contributed by atoms with E-state index in [0.29, 0.717) is 0 Å². The molecule has 10 heavy (non-hydrogen) atoms. The standard InChI is InChI=1S/C8H16BrN/c9-6-5-8-4-2-1-3-7-10-8/h8,10H,1-7H2. The van der Waals surface area contributed by atoms with Gasteiger partial charge in [-0.05, 0) is 25.8 Å². The highest BCUT2D eigenvalue weighted by Crippen LogP contribution is 2.11. The summed E-state index contributed by atoms with van der Waals surface area (Å²) in [6.07, 6.45) is 6.89. The van der Waals surface area contributed by atoms with Crippen molar-refractivity contribution in [2.75, 3.05) is 11.9 Å². The third kappa shape index (κ3) is 3.02. The highest BCUT2D eigenvalue weighted by Gasteiger charge is 2.09. The maximum Gasteiger partial charge on any atom is 0.00750 e. The van der Waals surface area contributed by atoms with Crippen molar-refractivity contribution in [2.45, 2.75) is 38.1 Å². The Bertz CT molecular complexity index is 77.3. The lowest BCUT2D eigenvalue weighted by Crippen LogP contribution is -2.28. The second kappa shape index (κ2) is 5.14. The van der Waals surface area contributed by atoms with Crippen LogP contribution in [0.25, 0.3) is 0 Å². The molecule has 0 aromatic heterocycles. The molecule has 1 nitrogen and oxygen atoms in total. The fourth-order valence-electron chi connectivity index (χ4n) is 1.48. The van der Waals surface area contributed by atoms with E-state index in [1.807, 2.05) is 0 Å². The highest BCUT2D eigenvalue weighted by molar-refractivity contribution is 9.09. The molecule has 1 aliphatic heterocycles. The summed E-state index contributed by atoms with van der Waals surface area (Å²) in [5, 5.41) is 4.70. The van der Waals surface area contributed by atoms with Crippen molar-refractivity contribution in [2.24, 2.45) is 0 Å². The van der Waals surface area contributed by atoms with E-state index in [2.05, 4.69) is 21.2 Å². The van der Waals surface area contributed by atoms with Crippen molar-refractivity contribution in [3.05, 3.63) is 0 Å². The molecule has 1 saturated heterocycles. The van der Waals surface area contributed by atoms with Gasteiger partial charge in [-0.2, -0.15) is 0 Å². The van der Waals surface area contributed by atoms with E-state index < -0.39 is 0 Å². The van der Waals surface area contributed by atoms with Gasteiger partial charge in [-0.25, -0.2) is 0 Å². The van der Waals surface area contributed by atoms with E-state index in [4.69, 9.17) is 0 Å². The summed E-state index contributed by atoms with van der Waals surface area (Å²) in [5.41, 5.74) is 0. The van der Waals surface area contributed by atoms with E-state index in [0.717, 1.165) is 11.4 Å². The molecule has 0 radical (unpaired) electrons. The normalized spacial score (nSPS) is 27.9. The Hall–Kier alpha value is 0.440. The molecular formula is C8H16BrN. The van der Waals surface area contributed by atoms with Gasteiger partial charge in [0.05, 0.1) is 0 Å². The van der Waals surface area contributed by atoms with Gasteiger partial charge in [-0.15, -0.1) is 0 Å². The molecule has 0 aliphatic carbocycles. The van der Waals surface area contributed by atoms with Gasteiger partial charge in [0.25, 0.3) is 0 Å². The molecule has 2 heteroatoms. The maximum atomic E-state index is 3.55. The van der Waals surface area contributed by atoms with Gasteiger partial charge in [0.15, 0.2) is 0 Å². The van der Waals surface area contributed by atoms with Crippen LogP contribution in [0, 0.1) is 0 Å². The third-order valence-corrected chi connectivity index (χ3v) is 2.58. The monoisotopic (exact) mass is 205 g/mol. The van der Waals surface area contributed by atoms with E-state index in [1.54, 1.807) is 0 Å². The Morgan fingerprint density at radius 1 is 1.30 bits per heavy atom. The van der Waals surface area contributed by atoms with E-state index in [-0.39, 0.29) is 0 Å². The summed E-state index contributed by atoms with van der Waals surface area (Å²) in [6, 6.07) is 0.793. The molecule has 0 bridgehead atoms. The predicted octanol–water partition coefficient (Wildman–Crippen LogP) is 2.30. The van der Waals surface area contributed by atoms with Crippen molar-refractivity contribution in [3.63, 3.8) is 0 Å². The van der Waals surface area contributed by atoms with E-state index in [1.165, 1.54) is 38.6 Å². The number of hydrogen-bond acceptors (Lipinski definition) is 1. The largest absolute Gasteiger partial charge is 0.314 e. The Labute approximate surface area is 71.7 Å². The number of nitrogens with one attached hydrogen (secondary N) is 1. The van der Waals surface area contributed by atoms with Crippen LogP contribution in [0.2, 0.25) is 0 Å². The predicted molar refractivity (Wildman–Crippen MR) is 48.7 cm³/mol. The van der Waals surface area contributed by atoms with Crippen molar-refractivity contribution < 1.29 is 0 Å². The van der Waals surface area contributed by atoms with Crippen LogP contribution in [0.3, 0.4) is 0 Å². The number of halogens is 1. The summed E-state index contributed by atoms with van der Waals surface area (Å²) < 4.78 is 0. The summed E-state index contributed by atoms with van der Waals surface area (Å²) in [5.74, 6) is 0. The van der Waals surface area contributed by atoms with Crippen molar-refractivity contribution in [1.29, 1.82) is 0 Å². The van der Waals surface area contributed by atoms with Gasteiger partial charge >= 0.3 is 0 Å². The smallest absolute Gasteiger partial charge is 0.00750 e. The van der Waals surface area contributed by atoms with Crippen LogP contribution in [0.5, 0.6) is 0 Å². The van der Waals surface area contributed by atoms with Crippen LogP contribution in [-0.4, -0.2) is 17.9 Å². The lowest BCUT2D eigenvalue weighted by molar-refractivity contribution is 0.501. The van der Waals surface area contributed by atoms with Gasteiger partial charge < -0.3 is 5.32 Å². The minimum Gasteiger partial charge on any atom is -0.314 e.